The van der Waals surface area contributed by atoms with Gasteiger partial charge in [-0.15, -0.1) is 0 Å². The zero-order chi connectivity index (χ0) is 11.1. The SMILES string of the molecule is NC1CCC(n2c3c([nH]c2=O)CNC3)CC1. The average Bonchev–Trinajstić information content (AvgIpc) is 2.79. The summed E-state index contributed by atoms with van der Waals surface area (Å²) in [4.78, 5) is 14.8. The summed E-state index contributed by atoms with van der Waals surface area (Å²) in [5, 5.41) is 3.27. The minimum absolute atomic E-state index is 0.0620. The Labute approximate surface area is 94.0 Å². The van der Waals surface area contributed by atoms with Crippen LogP contribution in [-0.2, 0) is 13.1 Å². The van der Waals surface area contributed by atoms with Gasteiger partial charge >= 0.3 is 5.69 Å². The molecule has 2 heterocycles. The lowest BCUT2D eigenvalue weighted by Crippen LogP contribution is -2.32. The molecule has 5 heteroatoms. The van der Waals surface area contributed by atoms with Gasteiger partial charge in [-0.2, -0.15) is 0 Å². The Morgan fingerprint density at radius 2 is 1.94 bits per heavy atom. The standard InChI is InChI=1S/C11H18N4O/c12-7-1-3-8(4-2-7)15-10-6-13-5-9(10)14-11(15)16/h7-8,13H,1-6,12H2,(H,14,16). The zero-order valence-corrected chi connectivity index (χ0v) is 9.33. The Balaban J connectivity index is 1.92. The number of hydrogen-bond donors (Lipinski definition) is 3. The molecular formula is C11H18N4O. The third-order valence-electron chi connectivity index (χ3n) is 3.82. The number of imidazole rings is 1. The fourth-order valence-electron chi connectivity index (χ4n) is 2.92. The van der Waals surface area contributed by atoms with E-state index in [0.29, 0.717) is 12.1 Å². The molecule has 0 bridgehead atoms. The summed E-state index contributed by atoms with van der Waals surface area (Å²) in [5.41, 5.74) is 8.18. The van der Waals surface area contributed by atoms with E-state index in [-0.39, 0.29) is 5.69 Å². The van der Waals surface area contributed by atoms with Gasteiger partial charge in [-0.3, -0.25) is 4.57 Å². The van der Waals surface area contributed by atoms with Crippen LogP contribution in [0.5, 0.6) is 0 Å². The quantitative estimate of drug-likeness (QED) is 0.636. The van der Waals surface area contributed by atoms with Crippen molar-refractivity contribution in [3.63, 3.8) is 0 Å². The lowest BCUT2D eigenvalue weighted by atomic mass is 9.91. The highest BCUT2D eigenvalue weighted by atomic mass is 16.1. The van der Waals surface area contributed by atoms with Gasteiger partial charge in [0.05, 0.1) is 11.4 Å². The van der Waals surface area contributed by atoms with E-state index in [1.54, 1.807) is 0 Å². The smallest absolute Gasteiger partial charge is 0.326 e. The highest BCUT2D eigenvalue weighted by Gasteiger charge is 2.26. The van der Waals surface area contributed by atoms with Crippen molar-refractivity contribution in [2.24, 2.45) is 5.73 Å². The Morgan fingerprint density at radius 1 is 1.19 bits per heavy atom. The second-order valence-electron chi connectivity index (χ2n) is 4.90. The van der Waals surface area contributed by atoms with Gasteiger partial charge in [0.25, 0.3) is 0 Å². The first kappa shape index (κ1) is 10.1. The van der Waals surface area contributed by atoms with E-state index in [2.05, 4.69) is 10.3 Å². The molecule has 0 radical (unpaired) electrons. The molecule has 0 unspecified atom stereocenters. The van der Waals surface area contributed by atoms with Crippen LogP contribution < -0.4 is 16.7 Å². The topological polar surface area (TPSA) is 75.8 Å². The number of aromatic amines is 1. The van der Waals surface area contributed by atoms with Crippen LogP contribution in [0.1, 0.15) is 43.1 Å². The highest BCUT2D eigenvalue weighted by Crippen LogP contribution is 2.29. The van der Waals surface area contributed by atoms with Gasteiger partial charge in [-0.05, 0) is 25.7 Å². The molecule has 16 heavy (non-hydrogen) atoms. The lowest BCUT2D eigenvalue weighted by Gasteiger charge is -2.27. The largest absolute Gasteiger partial charge is 0.328 e. The third-order valence-corrected chi connectivity index (χ3v) is 3.82. The predicted octanol–water partition coefficient (Wildman–Crippen LogP) is 0.222. The zero-order valence-electron chi connectivity index (χ0n) is 9.33. The van der Waals surface area contributed by atoms with Crippen molar-refractivity contribution in [2.75, 3.05) is 0 Å². The van der Waals surface area contributed by atoms with Crippen LogP contribution in [0.4, 0.5) is 0 Å². The van der Waals surface area contributed by atoms with Crippen LogP contribution in [0.2, 0.25) is 0 Å². The number of H-pyrrole nitrogens is 1. The first-order chi connectivity index (χ1) is 7.75. The summed E-state index contributed by atoms with van der Waals surface area (Å²) in [6.07, 6.45) is 4.13. The molecule has 0 spiro atoms. The molecule has 4 N–H and O–H groups in total. The van der Waals surface area contributed by atoms with Crippen molar-refractivity contribution >= 4 is 0 Å². The molecule has 0 atom stereocenters. The fraction of sp³-hybridized carbons (Fsp3) is 0.727. The van der Waals surface area contributed by atoms with Crippen LogP contribution in [0.15, 0.2) is 4.79 Å². The van der Waals surface area contributed by atoms with Crippen molar-refractivity contribution in [1.29, 1.82) is 0 Å². The molecular weight excluding hydrogens is 204 g/mol. The second-order valence-corrected chi connectivity index (χ2v) is 4.90. The van der Waals surface area contributed by atoms with E-state index >= 15 is 0 Å². The maximum Gasteiger partial charge on any atom is 0.326 e. The summed E-state index contributed by atoms with van der Waals surface area (Å²) in [6.45, 7) is 1.61. The molecule has 0 aromatic carbocycles. The summed E-state index contributed by atoms with van der Waals surface area (Å²) < 4.78 is 1.96. The Kier molecular flexibility index (Phi) is 2.37. The summed E-state index contributed by atoms with van der Waals surface area (Å²) in [7, 11) is 0. The molecule has 1 aromatic rings. The van der Waals surface area contributed by atoms with Gasteiger partial charge in [0, 0.05) is 25.2 Å². The number of aromatic nitrogens is 2. The van der Waals surface area contributed by atoms with Crippen LogP contribution in [-0.4, -0.2) is 15.6 Å². The number of nitrogens with zero attached hydrogens (tertiary/aromatic N) is 1. The van der Waals surface area contributed by atoms with Gasteiger partial charge in [0.15, 0.2) is 0 Å². The molecule has 1 aliphatic carbocycles. The summed E-state index contributed by atoms with van der Waals surface area (Å²) >= 11 is 0. The van der Waals surface area contributed by atoms with Gasteiger partial charge in [0.1, 0.15) is 0 Å². The minimum Gasteiger partial charge on any atom is -0.328 e. The third kappa shape index (κ3) is 1.51. The van der Waals surface area contributed by atoms with Crippen molar-refractivity contribution in [2.45, 2.75) is 50.9 Å². The van der Waals surface area contributed by atoms with Gasteiger partial charge < -0.3 is 16.0 Å². The molecule has 1 fully saturated rings. The Morgan fingerprint density at radius 3 is 2.69 bits per heavy atom. The number of fused-ring (bicyclic) bond motifs is 1. The normalized spacial score (nSPS) is 29.3. The number of nitrogens with one attached hydrogen (secondary N) is 2. The van der Waals surface area contributed by atoms with Crippen LogP contribution in [0, 0.1) is 0 Å². The monoisotopic (exact) mass is 222 g/mol. The van der Waals surface area contributed by atoms with Crippen LogP contribution >= 0.6 is 0 Å². The predicted molar refractivity (Wildman–Crippen MR) is 61.1 cm³/mol. The Hall–Kier alpha value is -1.07. The number of rotatable bonds is 1. The first-order valence-corrected chi connectivity index (χ1v) is 6.04. The van der Waals surface area contributed by atoms with Crippen molar-refractivity contribution < 1.29 is 0 Å². The molecule has 0 saturated heterocycles. The summed E-state index contributed by atoms with van der Waals surface area (Å²) in [5.74, 6) is 0. The molecule has 2 aliphatic rings. The molecule has 5 nitrogen and oxygen atoms in total. The van der Waals surface area contributed by atoms with Gasteiger partial charge in [0.2, 0.25) is 0 Å². The molecule has 3 rings (SSSR count). The van der Waals surface area contributed by atoms with Crippen molar-refractivity contribution in [3.8, 4) is 0 Å². The van der Waals surface area contributed by atoms with E-state index in [1.165, 1.54) is 0 Å². The second kappa shape index (κ2) is 3.75. The van der Waals surface area contributed by atoms with E-state index in [4.69, 9.17) is 5.73 Å². The van der Waals surface area contributed by atoms with E-state index < -0.39 is 0 Å². The van der Waals surface area contributed by atoms with Crippen molar-refractivity contribution in [3.05, 3.63) is 21.9 Å². The molecule has 1 aromatic heterocycles. The molecule has 1 aliphatic heterocycles. The lowest BCUT2D eigenvalue weighted by molar-refractivity contribution is 0.313. The van der Waals surface area contributed by atoms with Crippen molar-refractivity contribution in [1.82, 2.24) is 14.9 Å². The number of hydrogen-bond acceptors (Lipinski definition) is 3. The van der Waals surface area contributed by atoms with Gasteiger partial charge in [-0.1, -0.05) is 0 Å². The molecule has 0 amide bonds. The first-order valence-electron chi connectivity index (χ1n) is 6.04. The van der Waals surface area contributed by atoms with Gasteiger partial charge in [-0.25, -0.2) is 4.79 Å². The molecule has 88 valence electrons. The maximum absolute atomic E-state index is 11.9. The Bertz CT molecular complexity index is 439. The van der Waals surface area contributed by atoms with E-state index in [9.17, 15) is 4.79 Å². The molecule has 1 saturated carbocycles. The van der Waals surface area contributed by atoms with Crippen LogP contribution in [0.3, 0.4) is 0 Å². The summed E-state index contributed by atoms with van der Waals surface area (Å²) in [6, 6.07) is 0.685. The highest BCUT2D eigenvalue weighted by molar-refractivity contribution is 5.18. The van der Waals surface area contributed by atoms with E-state index in [1.807, 2.05) is 4.57 Å². The van der Waals surface area contributed by atoms with Crippen LogP contribution in [0.25, 0.3) is 0 Å². The maximum atomic E-state index is 11.9. The average molecular weight is 222 g/mol. The fourth-order valence-corrected chi connectivity index (χ4v) is 2.92. The number of nitrogens with two attached hydrogens (primary N) is 1. The van der Waals surface area contributed by atoms with E-state index in [0.717, 1.165) is 50.2 Å². The minimum atomic E-state index is 0.0620.